The number of hydrogen-bond donors (Lipinski definition) is 0. The first-order valence-corrected chi connectivity index (χ1v) is 8.99. The van der Waals surface area contributed by atoms with E-state index in [0.717, 1.165) is 12.8 Å². The van der Waals surface area contributed by atoms with Crippen molar-refractivity contribution in [2.24, 2.45) is 11.8 Å². The highest BCUT2D eigenvalue weighted by Gasteiger charge is 2.39. The van der Waals surface area contributed by atoms with Gasteiger partial charge in [0.25, 0.3) is 0 Å². The lowest BCUT2D eigenvalue weighted by Crippen LogP contribution is -2.20. The minimum absolute atomic E-state index is 0.00945. The molecule has 1 aliphatic rings. The molecule has 0 saturated carbocycles. The molecule has 1 aromatic carbocycles. The van der Waals surface area contributed by atoms with E-state index >= 15 is 0 Å². The Labute approximate surface area is 122 Å². The van der Waals surface area contributed by atoms with Crippen molar-refractivity contribution in [3.05, 3.63) is 30.3 Å². The van der Waals surface area contributed by atoms with Crippen molar-refractivity contribution >= 4 is 12.9 Å². The van der Waals surface area contributed by atoms with E-state index < -0.39 is 7.60 Å². The molecule has 0 amide bonds. The summed E-state index contributed by atoms with van der Waals surface area (Å²) in [5, 5.41) is 0.665. The SMILES string of the molecule is CC(C)[C@@H]1CC[C@@H](C(C)C)OP(=O)(c2ccccc2)O1. The molecule has 0 aromatic heterocycles. The summed E-state index contributed by atoms with van der Waals surface area (Å²) < 4.78 is 25.2. The Morgan fingerprint density at radius 2 is 1.40 bits per heavy atom. The molecule has 0 spiro atoms. The van der Waals surface area contributed by atoms with Gasteiger partial charge in [0.15, 0.2) is 0 Å². The van der Waals surface area contributed by atoms with Gasteiger partial charge in [0, 0.05) is 0 Å². The maximum atomic E-state index is 13.2. The van der Waals surface area contributed by atoms with Gasteiger partial charge in [-0.3, -0.25) is 4.57 Å². The molecule has 112 valence electrons. The molecule has 4 heteroatoms. The van der Waals surface area contributed by atoms with Gasteiger partial charge >= 0.3 is 7.60 Å². The summed E-state index contributed by atoms with van der Waals surface area (Å²) in [6, 6.07) is 9.33. The molecule has 2 rings (SSSR count). The lowest BCUT2D eigenvalue weighted by Gasteiger charge is -2.25. The van der Waals surface area contributed by atoms with Gasteiger partial charge < -0.3 is 9.05 Å². The molecule has 1 fully saturated rings. The van der Waals surface area contributed by atoms with E-state index in [2.05, 4.69) is 27.7 Å². The van der Waals surface area contributed by atoms with Gasteiger partial charge in [-0.25, -0.2) is 0 Å². The first-order valence-electron chi connectivity index (χ1n) is 7.45. The predicted molar refractivity (Wildman–Crippen MR) is 82.3 cm³/mol. The molecular formula is C16H25O3P. The zero-order valence-electron chi connectivity index (χ0n) is 12.8. The van der Waals surface area contributed by atoms with Crippen molar-refractivity contribution in [1.82, 2.24) is 0 Å². The van der Waals surface area contributed by atoms with Crippen LogP contribution in [0.5, 0.6) is 0 Å². The fraction of sp³-hybridized carbons (Fsp3) is 0.625. The van der Waals surface area contributed by atoms with Gasteiger partial charge in [0.2, 0.25) is 0 Å². The average molecular weight is 296 g/mol. The van der Waals surface area contributed by atoms with Crippen LogP contribution in [0.1, 0.15) is 40.5 Å². The zero-order chi connectivity index (χ0) is 14.8. The van der Waals surface area contributed by atoms with Gasteiger partial charge in [0.05, 0.1) is 17.5 Å². The van der Waals surface area contributed by atoms with Crippen LogP contribution in [0.3, 0.4) is 0 Å². The summed E-state index contributed by atoms with van der Waals surface area (Å²) in [6.07, 6.45) is 1.78. The molecule has 0 unspecified atom stereocenters. The minimum Gasteiger partial charge on any atom is -0.302 e. The van der Waals surface area contributed by atoms with Crippen molar-refractivity contribution in [2.75, 3.05) is 0 Å². The summed E-state index contributed by atoms with van der Waals surface area (Å²) in [7, 11) is -3.23. The van der Waals surface area contributed by atoms with E-state index in [9.17, 15) is 4.57 Å². The second kappa shape index (κ2) is 6.43. The zero-order valence-corrected chi connectivity index (χ0v) is 13.7. The number of hydrogen-bond acceptors (Lipinski definition) is 3. The Morgan fingerprint density at radius 3 is 1.80 bits per heavy atom. The molecule has 1 aromatic rings. The Kier molecular flexibility index (Phi) is 5.06. The second-order valence-corrected chi connectivity index (χ2v) is 8.12. The predicted octanol–water partition coefficient (Wildman–Crippen LogP) is 4.38. The molecule has 1 heterocycles. The topological polar surface area (TPSA) is 35.5 Å². The minimum atomic E-state index is -3.23. The van der Waals surface area contributed by atoms with Crippen LogP contribution in [-0.2, 0) is 13.6 Å². The van der Waals surface area contributed by atoms with Crippen molar-refractivity contribution in [1.29, 1.82) is 0 Å². The molecule has 0 aliphatic carbocycles. The van der Waals surface area contributed by atoms with E-state index in [1.54, 1.807) is 0 Å². The van der Waals surface area contributed by atoms with Crippen LogP contribution >= 0.6 is 7.60 Å². The van der Waals surface area contributed by atoms with Crippen LogP contribution in [0.2, 0.25) is 0 Å². The van der Waals surface area contributed by atoms with Crippen LogP contribution in [0.25, 0.3) is 0 Å². The lowest BCUT2D eigenvalue weighted by molar-refractivity contribution is 0.121. The van der Waals surface area contributed by atoms with Gasteiger partial charge in [-0.1, -0.05) is 45.9 Å². The van der Waals surface area contributed by atoms with Crippen LogP contribution in [-0.4, -0.2) is 12.2 Å². The third-order valence-corrected chi connectivity index (χ3v) is 5.87. The molecule has 3 nitrogen and oxygen atoms in total. The van der Waals surface area contributed by atoms with Crippen molar-refractivity contribution in [2.45, 2.75) is 52.7 Å². The average Bonchev–Trinajstić information content (AvgIpc) is 2.60. The Hall–Kier alpha value is -0.630. The fourth-order valence-electron chi connectivity index (χ4n) is 2.46. The highest BCUT2D eigenvalue weighted by Crippen LogP contribution is 2.53. The quantitative estimate of drug-likeness (QED) is 0.776. The van der Waals surface area contributed by atoms with Gasteiger partial charge in [-0.15, -0.1) is 0 Å². The van der Waals surface area contributed by atoms with Crippen molar-refractivity contribution in [3.8, 4) is 0 Å². The third kappa shape index (κ3) is 3.52. The maximum absolute atomic E-state index is 13.2. The molecule has 0 radical (unpaired) electrons. The van der Waals surface area contributed by atoms with Gasteiger partial charge in [-0.05, 0) is 36.8 Å². The normalized spacial score (nSPS) is 26.7. The summed E-state index contributed by atoms with van der Waals surface area (Å²) in [6.45, 7) is 8.43. The molecule has 2 atom stereocenters. The molecule has 0 N–H and O–H groups in total. The third-order valence-electron chi connectivity index (χ3n) is 3.84. The second-order valence-electron chi connectivity index (χ2n) is 6.19. The van der Waals surface area contributed by atoms with Crippen LogP contribution in [0.4, 0.5) is 0 Å². The monoisotopic (exact) mass is 296 g/mol. The molecule has 0 bridgehead atoms. The number of benzene rings is 1. The Morgan fingerprint density at radius 1 is 0.950 bits per heavy atom. The van der Waals surface area contributed by atoms with Crippen molar-refractivity contribution in [3.63, 3.8) is 0 Å². The van der Waals surface area contributed by atoms with E-state index in [-0.39, 0.29) is 12.2 Å². The molecule has 1 saturated heterocycles. The Bertz CT molecular complexity index is 448. The molecular weight excluding hydrogens is 271 g/mol. The van der Waals surface area contributed by atoms with E-state index in [0.29, 0.717) is 17.1 Å². The van der Waals surface area contributed by atoms with E-state index in [1.165, 1.54) is 0 Å². The van der Waals surface area contributed by atoms with Crippen LogP contribution in [0.15, 0.2) is 30.3 Å². The molecule has 1 aliphatic heterocycles. The summed E-state index contributed by atoms with van der Waals surface area (Å²) in [4.78, 5) is 0. The maximum Gasteiger partial charge on any atom is 0.361 e. The van der Waals surface area contributed by atoms with Gasteiger partial charge in [0.1, 0.15) is 0 Å². The summed E-state index contributed by atoms with van der Waals surface area (Å²) in [5.74, 6) is 0.670. The van der Waals surface area contributed by atoms with E-state index in [4.69, 9.17) is 9.05 Å². The van der Waals surface area contributed by atoms with E-state index in [1.807, 2.05) is 30.3 Å². The number of rotatable bonds is 3. The van der Waals surface area contributed by atoms with Crippen LogP contribution < -0.4 is 5.30 Å². The van der Waals surface area contributed by atoms with Crippen LogP contribution in [0, 0.1) is 11.8 Å². The largest absolute Gasteiger partial charge is 0.361 e. The summed E-state index contributed by atoms with van der Waals surface area (Å²) in [5.41, 5.74) is 0. The van der Waals surface area contributed by atoms with Gasteiger partial charge in [-0.2, -0.15) is 0 Å². The lowest BCUT2D eigenvalue weighted by atomic mass is 9.96. The fourth-order valence-corrected chi connectivity index (χ4v) is 4.70. The first-order chi connectivity index (χ1) is 9.42. The smallest absolute Gasteiger partial charge is 0.302 e. The molecule has 20 heavy (non-hydrogen) atoms. The highest BCUT2D eigenvalue weighted by atomic mass is 31.2. The highest BCUT2D eigenvalue weighted by molar-refractivity contribution is 7.62. The van der Waals surface area contributed by atoms with Crippen molar-refractivity contribution < 1.29 is 13.6 Å². The Balaban J connectivity index is 2.34. The first kappa shape index (κ1) is 15.8. The standard InChI is InChI=1S/C16H25O3P/c1-12(2)15-10-11-16(13(3)4)19-20(17,18-15)14-8-6-5-7-9-14/h5-9,12-13,15-16H,10-11H2,1-4H3/t15-,16-/m0/s1. The summed E-state index contributed by atoms with van der Waals surface area (Å²) >= 11 is 0.